The predicted octanol–water partition coefficient (Wildman–Crippen LogP) is 4.27. The molecule has 138 valence electrons. The van der Waals surface area contributed by atoms with Gasteiger partial charge in [-0.25, -0.2) is 0 Å². The SMILES string of the molecule is C=C1N(C)C=CN1Cc1ccccc1.NC1CCOCC1.[I][Pt][I]. The fraction of sp³-hybridized carbons (Fsp3) is 0.412. The molecule has 0 unspecified atom stereocenters. The molecule has 2 N–H and O–H groups in total. The molecule has 1 fully saturated rings. The van der Waals surface area contributed by atoms with Crippen LogP contribution in [0.1, 0.15) is 18.4 Å². The molecular weight excluding hydrogens is 711 g/mol. The first-order valence-electron chi connectivity index (χ1n) is 7.64. The molecule has 0 amide bonds. The van der Waals surface area contributed by atoms with E-state index in [0.717, 1.165) is 38.4 Å². The quantitative estimate of drug-likeness (QED) is 0.462. The summed E-state index contributed by atoms with van der Waals surface area (Å²) < 4.78 is 5.06. The maximum atomic E-state index is 5.55. The molecule has 0 aromatic heterocycles. The van der Waals surface area contributed by atoms with Crippen LogP contribution in [0.4, 0.5) is 0 Å². The van der Waals surface area contributed by atoms with E-state index < -0.39 is 0 Å². The summed E-state index contributed by atoms with van der Waals surface area (Å²) >= 11 is 5.30. The topological polar surface area (TPSA) is 41.7 Å². The summed E-state index contributed by atoms with van der Waals surface area (Å²) in [5.41, 5.74) is 6.85. The third-order valence-electron chi connectivity index (χ3n) is 3.67. The minimum absolute atomic E-state index is 0.411. The fourth-order valence-electron chi connectivity index (χ4n) is 2.20. The van der Waals surface area contributed by atoms with Crippen LogP contribution >= 0.6 is 38.7 Å². The third-order valence-corrected chi connectivity index (χ3v) is 3.67. The summed E-state index contributed by atoms with van der Waals surface area (Å²) in [5, 5.41) is 0. The molecule has 4 nitrogen and oxygen atoms in total. The van der Waals surface area contributed by atoms with Crippen molar-refractivity contribution in [2.75, 3.05) is 20.3 Å². The van der Waals surface area contributed by atoms with Crippen molar-refractivity contribution in [2.45, 2.75) is 25.4 Å². The zero-order valence-electron chi connectivity index (χ0n) is 13.8. The number of rotatable bonds is 2. The molecule has 3 rings (SSSR count). The molecule has 1 saturated heterocycles. The van der Waals surface area contributed by atoms with E-state index >= 15 is 0 Å². The zero-order chi connectivity index (χ0) is 17.8. The Kier molecular flexibility index (Phi) is 12.7. The molecule has 2 heterocycles. The van der Waals surface area contributed by atoms with E-state index in [1.165, 1.54) is 5.56 Å². The van der Waals surface area contributed by atoms with Crippen molar-refractivity contribution in [1.29, 1.82) is 0 Å². The van der Waals surface area contributed by atoms with Crippen molar-refractivity contribution < 1.29 is 15.9 Å². The van der Waals surface area contributed by atoms with Gasteiger partial charge in [0, 0.05) is 45.2 Å². The molecule has 0 radical (unpaired) electrons. The average molecular weight is 736 g/mol. The predicted molar refractivity (Wildman–Crippen MR) is 114 cm³/mol. The van der Waals surface area contributed by atoms with Crippen LogP contribution in [0.5, 0.6) is 0 Å². The number of halogens is 2. The van der Waals surface area contributed by atoms with Gasteiger partial charge in [0.05, 0.1) is 0 Å². The Bertz CT molecular complexity index is 496. The second-order valence-corrected chi connectivity index (χ2v) is 22.0. The number of nitrogens with two attached hydrogens (primary N) is 1. The molecule has 0 bridgehead atoms. The van der Waals surface area contributed by atoms with Gasteiger partial charge in [0.25, 0.3) is 0 Å². The van der Waals surface area contributed by atoms with Gasteiger partial charge in [-0.05, 0) is 18.4 Å². The summed E-state index contributed by atoms with van der Waals surface area (Å²) in [4.78, 5) is 4.15. The van der Waals surface area contributed by atoms with E-state index in [2.05, 4.69) is 80.7 Å². The third kappa shape index (κ3) is 9.17. The van der Waals surface area contributed by atoms with Crippen LogP contribution < -0.4 is 5.73 Å². The number of benzene rings is 1. The molecule has 1 aromatic rings. The van der Waals surface area contributed by atoms with Crippen LogP contribution in [-0.2, 0) is 22.5 Å². The van der Waals surface area contributed by atoms with Crippen LogP contribution in [0.25, 0.3) is 0 Å². The van der Waals surface area contributed by atoms with Crippen molar-refractivity contribution in [3.05, 3.63) is 60.7 Å². The Hall–Kier alpha value is 0.368. The van der Waals surface area contributed by atoms with Crippen LogP contribution in [0, 0.1) is 0 Å². The Balaban J connectivity index is 0.000000241. The first-order chi connectivity index (χ1) is 11.6. The average Bonchev–Trinajstić information content (AvgIpc) is 2.90. The minimum atomic E-state index is 0.411. The second-order valence-electron chi connectivity index (χ2n) is 5.43. The number of hydrogen-bond donors (Lipinski definition) is 1. The Labute approximate surface area is 175 Å². The molecule has 24 heavy (non-hydrogen) atoms. The van der Waals surface area contributed by atoms with E-state index in [4.69, 9.17) is 10.5 Å². The van der Waals surface area contributed by atoms with E-state index in [1.807, 2.05) is 24.2 Å². The molecule has 0 aliphatic carbocycles. The molecular formula is C17H25I2N3OPt. The van der Waals surface area contributed by atoms with Crippen molar-refractivity contribution in [1.82, 2.24) is 9.80 Å². The molecule has 2 aliphatic heterocycles. The molecule has 0 atom stereocenters. The van der Waals surface area contributed by atoms with Crippen molar-refractivity contribution in [2.24, 2.45) is 5.73 Å². The van der Waals surface area contributed by atoms with Gasteiger partial charge in [0.1, 0.15) is 5.82 Å². The van der Waals surface area contributed by atoms with Gasteiger partial charge in [-0.15, -0.1) is 0 Å². The van der Waals surface area contributed by atoms with Gasteiger partial charge in [-0.1, -0.05) is 36.9 Å². The van der Waals surface area contributed by atoms with Gasteiger partial charge in [-0.2, -0.15) is 0 Å². The standard InChI is InChI=1S/C12H14N2.C5H11NO.2HI.Pt/c1-11-13(2)8-9-14(11)10-12-6-4-3-5-7-12;6-5-1-3-7-4-2-5;;;/h3-9H,1,10H2,2H3;5H,1-4,6H2;2*1H;/q;;;;+2/p-2. The summed E-state index contributed by atoms with van der Waals surface area (Å²) in [7, 11) is 2.00. The van der Waals surface area contributed by atoms with E-state index in [9.17, 15) is 0 Å². The summed E-state index contributed by atoms with van der Waals surface area (Å²) in [6, 6.07) is 10.8. The van der Waals surface area contributed by atoms with E-state index in [0.29, 0.717) is 17.2 Å². The summed E-state index contributed by atoms with van der Waals surface area (Å²) in [6.45, 7) is 6.62. The van der Waals surface area contributed by atoms with Gasteiger partial charge in [0.15, 0.2) is 0 Å². The van der Waals surface area contributed by atoms with E-state index in [-0.39, 0.29) is 0 Å². The monoisotopic (exact) mass is 736 g/mol. The van der Waals surface area contributed by atoms with Crippen molar-refractivity contribution >= 4 is 38.7 Å². The van der Waals surface area contributed by atoms with Crippen LogP contribution in [0.15, 0.2) is 55.1 Å². The van der Waals surface area contributed by atoms with Gasteiger partial charge in [-0.3, -0.25) is 0 Å². The van der Waals surface area contributed by atoms with E-state index in [1.54, 1.807) is 0 Å². The first-order valence-corrected chi connectivity index (χ1v) is 20.5. The zero-order valence-corrected chi connectivity index (χ0v) is 20.4. The second kappa shape index (κ2) is 13.6. The van der Waals surface area contributed by atoms with Crippen molar-refractivity contribution in [3.8, 4) is 0 Å². The fourth-order valence-corrected chi connectivity index (χ4v) is 2.20. The summed E-state index contributed by atoms with van der Waals surface area (Å²) in [6.07, 6.45) is 6.15. The Morgan fingerprint density at radius 1 is 1.21 bits per heavy atom. The molecule has 0 saturated carbocycles. The first kappa shape index (κ1) is 22.4. The van der Waals surface area contributed by atoms with Gasteiger partial charge < -0.3 is 20.3 Å². The Morgan fingerprint density at radius 3 is 2.21 bits per heavy atom. The van der Waals surface area contributed by atoms with Crippen LogP contribution in [-0.4, -0.2) is 36.1 Å². The van der Waals surface area contributed by atoms with Gasteiger partial charge in [0.2, 0.25) is 0 Å². The number of nitrogens with zero attached hydrogens (tertiary/aromatic N) is 2. The van der Waals surface area contributed by atoms with Gasteiger partial charge >= 0.3 is 49.9 Å². The Morgan fingerprint density at radius 2 is 1.79 bits per heavy atom. The maximum absolute atomic E-state index is 5.55. The summed E-state index contributed by atoms with van der Waals surface area (Å²) in [5.74, 6) is 1.02. The van der Waals surface area contributed by atoms with Crippen LogP contribution in [0.3, 0.4) is 0 Å². The number of hydrogen-bond acceptors (Lipinski definition) is 4. The van der Waals surface area contributed by atoms with Crippen molar-refractivity contribution in [3.63, 3.8) is 0 Å². The molecule has 7 heteroatoms. The molecule has 1 aromatic carbocycles. The molecule has 0 spiro atoms. The molecule has 2 aliphatic rings. The van der Waals surface area contributed by atoms with Crippen LogP contribution in [0.2, 0.25) is 0 Å². The number of ether oxygens (including phenoxy) is 1. The normalized spacial score (nSPS) is 17.2.